The molecule has 0 fully saturated rings. The number of nitrogens with two attached hydrogens (primary N) is 1. The molecule has 1 atom stereocenters. The molecule has 1 aromatic rings. The molecule has 0 aliphatic heterocycles. The van der Waals surface area contributed by atoms with Crippen LogP contribution < -0.4 is 11.1 Å². The zero-order valence-corrected chi connectivity index (χ0v) is 11.5. The third-order valence-electron chi connectivity index (χ3n) is 2.96. The van der Waals surface area contributed by atoms with Crippen LogP contribution >= 0.6 is 0 Å². The van der Waals surface area contributed by atoms with Crippen LogP contribution in [-0.2, 0) is 4.79 Å². The first kappa shape index (κ1) is 15.6. The Bertz CT molecular complexity index is 409. The van der Waals surface area contributed by atoms with E-state index in [1.165, 1.54) is 12.1 Å². The zero-order valence-electron chi connectivity index (χ0n) is 11.5. The zero-order chi connectivity index (χ0) is 14.3. The van der Waals surface area contributed by atoms with Crippen LogP contribution in [0.3, 0.4) is 0 Å². The van der Waals surface area contributed by atoms with Crippen LogP contribution in [0.25, 0.3) is 0 Å². The van der Waals surface area contributed by atoms with Crippen molar-refractivity contribution in [2.75, 3.05) is 27.2 Å². The molecule has 1 amide bonds. The monoisotopic (exact) mass is 267 g/mol. The van der Waals surface area contributed by atoms with Crippen molar-refractivity contribution >= 4 is 5.91 Å². The van der Waals surface area contributed by atoms with E-state index >= 15 is 0 Å². The van der Waals surface area contributed by atoms with E-state index in [2.05, 4.69) is 5.32 Å². The first-order chi connectivity index (χ1) is 9.04. The van der Waals surface area contributed by atoms with Gasteiger partial charge in [-0.25, -0.2) is 4.39 Å². The van der Waals surface area contributed by atoms with Crippen LogP contribution in [0, 0.1) is 5.82 Å². The number of halogens is 1. The average Bonchev–Trinajstić information content (AvgIpc) is 2.36. The van der Waals surface area contributed by atoms with Crippen molar-refractivity contribution in [3.63, 3.8) is 0 Å². The topological polar surface area (TPSA) is 58.4 Å². The van der Waals surface area contributed by atoms with E-state index in [4.69, 9.17) is 5.73 Å². The number of carbonyl (C=O) groups excluding carboxylic acids is 1. The molecule has 1 aromatic carbocycles. The molecule has 0 aliphatic rings. The molecule has 1 unspecified atom stereocenters. The molecular weight excluding hydrogens is 245 g/mol. The summed E-state index contributed by atoms with van der Waals surface area (Å²) in [6.07, 6.45) is 1.11. The molecule has 3 N–H and O–H groups in total. The minimum atomic E-state index is -0.265. The number of hydrogen-bond acceptors (Lipinski definition) is 3. The van der Waals surface area contributed by atoms with E-state index in [9.17, 15) is 9.18 Å². The normalized spacial score (nSPS) is 12.5. The Labute approximate surface area is 113 Å². The molecule has 0 radical (unpaired) electrons. The molecule has 4 nitrogen and oxygen atoms in total. The van der Waals surface area contributed by atoms with E-state index < -0.39 is 0 Å². The molecule has 0 saturated carbocycles. The highest BCUT2D eigenvalue weighted by molar-refractivity contribution is 5.75. The van der Waals surface area contributed by atoms with E-state index in [0.29, 0.717) is 25.9 Å². The van der Waals surface area contributed by atoms with Gasteiger partial charge in [0.1, 0.15) is 5.82 Å². The summed E-state index contributed by atoms with van der Waals surface area (Å²) in [6, 6.07) is 6.40. The first-order valence-corrected chi connectivity index (χ1v) is 6.43. The molecule has 0 saturated heterocycles. The largest absolute Gasteiger partial charge is 0.354 e. The van der Waals surface area contributed by atoms with Gasteiger partial charge < -0.3 is 16.0 Å². The van der Waals surface area contributed by atoms with Gasteiger partial charge in [0, 0.05) is 13.0 Å². The lowest BCUT2D eigenvalue weighted by molar-refractivity contribution is -0.121. The molecular formula is C14H22FN3O. The van der Waals surface area contributed by atoms with Gasteiger partial charge in [0.15, 0.2) is 0 Å². The Balaban J connectivity index is 2.61. The Morgan fingerprint density at radius 3 is 2.79 bits per heavy atom. The van der Waals surface area contributed by atoms with E-state index in [1.54, 1.807) is 6.07 Å². The van der Waals surface area contributed by atoms with Crippen molar-refractivity contribution in [2.45, 2.75) is 18.9 Å². The highest BCUT2D eigenvalue weighted by Crippen LogP contribution is 2.18. The lowest BCUT2D eigenvalue weighted by Crippen LogP contribution is -2.34. The minimum Gasteiger partial charge on any atom is -0.354 e. The third kappa shape index (κ3) is 5.36. The number of benzene rings is 1. The maximum Gasteiger partial charge on any atom is 0.220 e. The standard InChI is InChI=1S/C14H22FN3O/c1-18(2)13(10-17-14(19)7-4-8-16)11-5-3-6-12(15)9-11/h3,5-6,9,13H,4,7-8,10,16H2,1-2H3,(H,17,19). The minimum absolute atomic E-state index is 0.0197. The van der Waals surface area contributed by atoms with Crippen molar-refractivity contribution in [1.82, 2.24) is 10.2 Å². The number of carbonyl (C=O) groups is 1. The van der Waals surface area contributed by atoms with Gasteiger partial charge >= 0.3 is 0 Å². The number of amides is 1. The SMILES string of the molecule is CN(C)C(CNC(=O)CCCN)c1cccc(F)c1. The highest BCUT2D eigenvalue weighted by Gasteiger charge is 2.15. The lowest BCUT2D eigenvalue weighted by atomic mass is 10.1. The summed E-state index contributed by atoms with van der Waals surface area (Å²) in [6.45, 7) is 0.967. The van der Waals surface area contributed by atoms with Crippen molar-refractivity contribution in [1.29, 1.82) is 0 Å². The van der Waals surface area contributed by atoms with Gasteiger partial charge in [-0.05, 0) is 44.8 Å². The third-order valence-corrected chi connectivity index (χ3v) is 2.96. The second-order valence-corrected chi connectivity index (χ2v) is 4.73. The lowest BCUT2D eigenvalue weighted by Gasteiger charge is -2.25. The fourth-order valence-corrected chi connectivity index (χ4v) is 1.87. The van der Waals surface area contributed by atoms with Crippen LogP contribution in [0.1, 0.15) is 24.4 Å². The molecule has 0 heterocycles. The smallest absolute Gasteiger partial charge is 0.220 e. The summed E-state index contributed by atoms with van der Waals surface area (Å²) in [4.78, 5) is 13.5. The average molecular weight is 267 g/mol. The maximum atomic E-state index is 13.2. The summed E-state index contributed by atoms with van der Waals surface area (Å²) in [5.74, 6) is -0.285. The summed E-state index contributed by atoms with van der Waals surface area (Å²) in [5.41, 5.74) is 6.21. The van der Waals surface area contributed by atoms with Gasteiger partial charge in [0.2, 0.25) is 5.91 Å². The van der Waals surface area contributed by atoms with Gasteiger partial charge in [0.25, 0.3) is 0 Å². The number of rotatable bonds is 7. The molecule has 0 spiro atoms. The van der Waals surface area contributed by atoms with E-state index in [1.807, 2.05) is 25.1 Å². The second-order valence-electron chi connectivity index (χ2n) is 4.73. The quantitative estimate of drug-likeness (QED) is 0.782. The fourth-order valence-electron chi connectivity index (χ4n) is 1.87. The summed E-state index contributed by atoms with van der Waals surface area (Å²) >= 11 is 0. The van der Waals surface area contributed by atoms with Gasteiger partial charge in [-0.3, -0.25) is 4.79 Å². The molecule has 0 aromatic heterocycles. The number of hydrogen-bond donors (Lipinski definition) is 2. The summed E-state index contributed by atoms with van der Waals surface area (Å²) in [7, 11) is 3.81. The predicted octanol–water partition coefficient (Wildman–Crippen LogP) is 1.28. The first-order valence-electron chi connectivity index (χ1n) is 6.43. The Kier molecular flexibility index (Phi) is 6.45. The van der Waals surface area contributed by atoms with Gasteiger partial charge in [-0.1, -0.05) is 12.1 Å². The maximum absolute atomic E-state index is 13.2. The second kappa shape index (κ2) is 7.86. The van der Waals surface area contributed by atoms with Crippen LogP contribution in [0.15, 0.2) is 24.3 Å². The summed E-state index contributed by atoms with van der Waals surface area (Å²) in [5, 5.41) is 2.86. The van der Waals surface area contributed by atoms with Crippen molar-refractivity contribution in [3.05, 3.63) is 35.6 Å². The predicted molar refractivity (Wildman–Crippen MR) is 74.1 cm³/mol. The molecule has 0 aliphatic carbocycles. The van der Waals surface area contributed by atoms with Gasteiger partial charge in [-0.15, -0.1) is 0 Å². The number of likely N-dealkylation sites (N-methyl/N-ethyl adjacent to an activating group) is 1. The molecule has 19 heavy (non-hydrogen) atoms. The van der Waals surface area contributed by atoms with Crippen molar-refractivity contribution in [3.8, 4) is 0 Å². The molecule has 106 valence electrons. The van der Waals surface area contributed by atoms with Crippen molar-refractivity contribution in [2.24, 2.45) is 5.73 Å². The van der Waals surface area contributed by atoms with Crippen LogP contribution in [0.4, 0.5) is 4.39 Å². The molecule has 5 heteroatoms. The molecule has 0 bridgehead atoms. The van der Waals surface area contributed by atoms with Gasteiger partial charge in [-0.2, -0.15) is 0 Å². The highest BCUT2D eigenvalue weighted by atomic mass is 19.1. The van der Waals surface area contributed by atoms with E-state index in [-0.39, 0.29) is 17.8 Å². The number of nitrogens with zero attached hydrogens (tertiary/aromatic N) is 1. The van der Waals surface area contributed by atoms with E-state index in [0.717, 1.165) is 5.56 Å². The molecule has 1 rings (SSSR count). The van der Waals surface area contributed by atoms with Crippen LogP contribution in [0.2, 0.25) is 0 Å². The van der Waals surface area contributed by atoms with Crippen LogP contribution in [-0.4, -0.2) is 38.0 Å². The summed E-state index contributed by atoms with van der Waals surface area (Å²) < 4.78 is 13.2. The fraction of sp³-hybridized carbons (Fsp3) is 0.500. The van der Waals surface area contributed by atoms with Crippen molar-refractivity contribution < 1.29 is 9.18 Å². The number of nitrogens with one attached hydrogen (secondary N) is 1. The Hall–Kier alpha value is -1.46. The Morgan fingerprint density at radius 2 is 2.21 bits per heavy atom. The van der Waals surface area contributed by atoms with Gasteiger partial charge in [0.05, 0.1) is 6.04 Å². The van der Waals surface area contributed by atoms with Crippen LogP contribution in [0.5, 0.6) is 0 Å². The Morgan fingerprint density at radius 1 is 1.47 bits per heavy atom.